The third-order valence-electron chi connectivity index (χ3n) is 3.23. The van der Waals surface area contributed by atoms with Crippen molar-refractivity contribution in [1.82, 2.24) is 4.90 Å². The van der Waals surface area contributed by atoms with Crippen LogP contribution in [-0.2, 0) is 0 Å². The number of aliphatic hydroxyl groups excluding tert-OH is 1. The van der Waals surface area contributed by atoms with Crippen LogP contribution in [0.3, 0.4) is 0 Å². The van der Waals surface area contributed by atoms with E-state index in [0.717, 1.165) is 19.3 Å². The summed E-state index contributed by atoms with van der Waals surface area (Å²) >= 11 is 0. The van der Waals surface area contributed by atoms with Gasteiger partial charge in [0.25, 0.3) is 0 Å². The molecule has 3 N–H and O–H groups in total. The summed E-state index contributed by atoms with van der Waals surface area (Å²) in [6.45, 7) is 1.85. The largest absolute Gasteiger partial charge is 0.415 e. The molecule has 3 atom stereocenters. The number of piperidine rings is 1. The van der Waals surface area contributed by atoms with E-state index in [4.69, 9.17) is 10.8 Å². The Balaban J connectivity index is 2.61. The van der Waals surface area contributed by atoms with E-state index in [1.54, 1.807) is 4.90 Å². The monoisotopic (exact) mass is 240 g/mol. The lowest BCUT2D eigenvalue weighted by Crippen LogP contribution is -2.53. The fourth-order valence-electron chi connectivity index (χ4n) is 2.23. The molecule has 1 fully saturated rings. The van der Waals surface area contributed by atoms with Gasteiger partial charge in [-0.05, 0) is 19.8 Å². The van der Waals surface area contributed by atoms with E-state index >= 15 is 0 Å². The standard InChI is InChI=1S/C10H19F3N2O/c1-7-3-2-4-8(5-14)15(7)6-9(16)10(11,12)13/h7-9,16H,2-6,14H2,1H3. The van der Waals surface area contributed by atoms with E-state index in [2.05, 4.69) is 0 Å². The number of β-amino-alcohol motifs (C(OH)–C–C–N with tert-alkyl or cyclic N) is 1. The average Bonchev–Trinajstić information content (AvgIpc) is 2.19. The molecule has 0 spiro atoms. The minimum Gasteiger partial charge on any atom is -0.382 e. The van der Waals surface area contributed by atoms with Gasteiger partial charge in [-0.1, -0.05) is 6.42 Å². The smallest absolute Gasteiger partial charge is 0.382 e. The molecule has 16 heavy (non-hydrogen) atoms. The number of nitrogens with zero attached hydrogens (tertiary/aromatic N) is 1. The van der Waals surface area contributed by atoms with Crippen molar-refractivity contribution in [3.05, 3.63) is 0 Å². The summed E-state index contributed by atoms with van der Waals surface area (Å²) in [6.07, 6.45) is -4.16. The molecule has 0 aromatic heterocycles. The summed E-state index contributed by atoms with van der Waals surface area (Å²) in [4.78, 5) is 1.68. The third kappa shape index (κ3) is 3.33. The fourth-order valence-corrected chi connectivity index (χ4v) is 2.23. The van der Waals surface area contributed by atoms with Crippen LogP contribution in [0.5, 0.6) is 0 Å². The van der Waals surface area contributed by atoms with Crippen LogP contribution in [0.4, 0.5) is 13.2 Å². The molecular weight excluding hydrogens is 221 g/mol. The molecule has 0 aliphatic carbocycles. The van der Waals surface area contributed by atoms with Crippen LogP contribution in [0.1, 0.15) is 26.2 Å². The van der Waals surface area contributed by atoms with Gasteiger partial charge in [-0.25, -0.2) is 0 Å². The minimum atomic E-state index is -4.55. The molecule has 0 bridgehead atoms. The molecule has 0 amide bonds. The molecule has 1 saturated heterocycles. The predicted octanol–water partition coefficient (Wildman–Crippen LogP) is 1.11. The Morgan fingerprint density at radius 3 is 2.56 bits per heavy atom. The van der Waals surface area contributed by atoms with E-state index in [0.29, 0.717) is 6.54 Å². The molecule has 1 aliphatic heterocycles. The maximum absolute atomic E-state index is 12.3. The van der Waals surface area contributed by atoms with Crippen molar-refractivity contribution < 1.29 is 18.3 Å². The number of hydrogen-bond donors (Lipinski definition) is 2. The van der Waals surface area contributed by atoms with Crippen LogP contribution in [0.2, 0.25) is 0 Å². The molecule has 1 heterocycles. The molecule has 6 heteroatoms. The topological polar surface area (TPSA) is 49.5 Å². The van der Waals surface area contributed by atoms with Gasteiger partial charge < -0.3 is 10.8 Å². The Labute approximate surface area is 93.4 Å². The molecule has 3 nitrogen and oxygen atoms in total. The van der Waals surface area contributed by atoms with Crippen molar-refractivity contribution in [3.8, 4) is 0 Å². The first-order valence-corrected chi connectivity index (χ1v) is 5.57. The van der Waals surface area contributed by atoms with Gasteiger partial charge in [-0.3, -0.25) is 4.90 Å². The van der Waals surface area contributed by atoms with Crippen LogP contribution in [0.25, 0.3) is 0 Å². The zero-order chi connectivity index (χ0) is 12.3. The lowest BCUT2D eigenvalue weighted by Gasteiger charge is -2.41. The molecule has 1 aliphatic rings. The van der Waals surface area contributed by atoms with Crippen molar-refractivity contribution in [2.75, 3.05) is 13.1 Å². The van der Waals surface area contributed by atoms with Gasteiger partial charge in [0.1, 0.15) is 0 Å². The molecule has 0 radical (unpaired) electrons. The van der Waals surface area contributed by atoms with Gasteiger partial charge in [0.05, 0.1) is 0 Å². The Kier molecular flexibility index (Phi) is 4.58. The highest BCUT2D eigenvalue weighted by atomic mass is 19.4. The number of likely N-dealkylation sites (tertiary alicyclic amines) is 1. The zero-order valence-corrected chi connectivity index (χ0v) is 9.37. The summed E-state index contributed by atoms with van der Waals surface area (Å²) in [6, 6.07) is 0.0139. The number of hydrogen-bond acceptors (Lipinski definition) is 3. The molecular formula is C10H19F3N2O. The zero-order valence-electron chi connectivity index (χ0n) is 9.37. The molecule has 0 saturated carbocycles. The number of aliphatic hydroxyl groups is 1. The second-order valence-corrected chi connectivity index (χ2v) is 4.42. The molecule has 0 aromatic carbocycles. The van der Waals surface area contributed by atoms with E-state index in [-0.39, 0.29) is 18.6 Å². The maximum atomic E-state index is 12.3. The second-order valence-electron chi connectivity index (χ2n) is 4.42. The molecule has 96 valence electrons. The van der Waals surface area contributed by atoms with E-state index in [1.165, 1.54) is 0 Å². The van der Waals surface area contributed by atoms with Crippen LogP contribution >= 0.6 is 0 Å². The first-order chi connectivity index (χ1) is 7.36. The Morgan fingerprint density at radius 2 is 2.06 bits per heavy atom. The summed E-state index contributed by atoms with van der Waals surface area (Å²) in [5.74, 6) is 0. The number of alkyl halides is 3. The summed E-state index contributed by atoms with van der Waals surface area (Å²) in [7, 11) is 0. The third-order valence-corrected chi connectivity index (χ3v) is 3.23. The lowest BCUT2D eigenvalue weighted by molar-refractivity contribution is -0.211. The van der Waals surface area contributed by atoms with Crippen LogP contribution in [-0.4, -0.2) is 47.5 Å². The van der Waals surface area contributed by atoms with E-state index < -0.39 is 12.3 Å². The second kappa shape index (κ2) is 5.33. The van der Waals surface area contributed by atoms with Gasteiger partial charge in [0, 0.05) is 25.2 Å². The maximum Gasteiger partial charge on any atom is 0.415 e. The normalized spacial score (nSPS) is 30.4. The SMILES string of the molecule is CC1CCCC(CN)N1CC(O)C(F)(F)F. The van der Waals surface area contributed by atoms with Gasteiger partial charge in [0.2, 0.25) is 0 Å². The predicted molar refractivity (Wildman–Crippen MR) is 54.9 cm³/mol. The minimum absolute atomic E-state index is 0.0410. The fraction of sp³-hybridized carbons (Fsp3) is 1.00. The number of rotatable bonds is 3. The van der Waals surface area contributed by atoms with Crippen molar-refractivity contribution >= 4 is 0 Å². The highest BCUT2D eigenvalue weighted by molar-refractivity contribution is 4.85. The van der Waals surface area contributed by atoms with Gasteiger partial charge in [-0.15, -0.1) is 0 Å². The van der Waals surface area contributed by atoms with Gasteiger partial charge in [-0.2, -0.15) is 13.2 Å². The highest BCUT2D eigenvalue weighted by Crippen LogP contribution is 2.26. The first kappa shape index (κ1) is 13.7. The Bertz CT molecular complexity index is 223. The lowest BCUT2D eigenvalue weighted by atomic mass is 9.96. The van der Waals surface area contributed by atoms with Gasteiger partial charge in [0.15, 0.2) is 6.10 Å². The Hall–Kier alpha value is -0.330. The van der Waals surface area contributed by atoms with Crippen molar-refractivity contribution in [2.45, 2.75) is 50.6 Å². The van der Waals surface area contributed by atoms with Crippen LogP contribution in [0.15, 0.2) is 0 Å². The van der Waals surface area contributed by atoms with E-state index in [1.807, 2.05) is 6.92 Å². The van der Waals surface area contributed by atoms with Crippen molar-refractivity contribution in [1.29, 1.82) is 0 Å². The quantitative estimate of drug-likeness (QED) is 0.777. The van der Waals surface area contributed by atoms with Crippen LogP contribution in [0, 0.1) is 0 Å². The van der Waals surface area contributed by atoms with Gasteiger partial charge >= 0.3 is 6.18 Å². The number of nitrogens with two attached hydrogens (primary N) is 1. The highest BCUT2D eigenvalue weighted by Gasteiger charge is 2.41. The first-order valence-electron chi connectivity index (χ1n) is 5.57. The summed E-state index contributed by atoms with van der Waals surface area (Å²) in [5, 5.41) is 9.06. The van der Waals surface area contributed by atoms with Crippen LogP contribution < -0.4 is 5.73 Å². The number of halogens is 3. The van der Waals surface area contributed by atoms with Crippen molar-refractivity contribution in [3.63, 3.8) is 0 Å². The average molecular weight is 240 g/mol. The molecule has 0 aromatic rings. The molecule has 1 rings (SSSR count). The summed E-state index contributed by atoms with van der Waals surface area (Å²) < 4.78 is 36.8. The molecule has 3 unspecified atom stereocenters. The summed E-state index contributed by atoms with van der Waals surface area (Å²) in [5.41, 5.74) is 5.54. The Morgan fingerprint density at radius 1 is 1.44 bits per heavy atom. The van der Waals surface area contributed by atoms with Crippen molar-refractivity contribution in [2.24, 2.45) is 5.73 Å². The van der Waals surface area contributed by atoms with E-state index in [9.17, 15) is 13.2 Å².